The number of benzene rings is 1. The van der Waals surface area contributed by atoms with Crippen molar-refractivity contribution in [1.29, 1.82) is 0 Å². The normalized spacial score (nSPS) is 10.7. The monoisotopic (exact) mass is 280 g/mol. The average molecular weight is 280 g/mol. The first-order chi connectivity index (χ1) is 10.2. The number of nitrogens with one attached hydrogen (secondary N) is 1. The van der Waals surface area contributed by atoms with Gasteiger partial charge in [-0.25, -0.2) is 0 Å². The molecule has 5 heteroatoms. The quantitative estimate of drug-likeness (QED) is 0.796. The molecule has 0 aliphatic carbocycles. The Morgan fingerprint density at radius 3 is 2.95 bits per heavy atom. The molecule has 0 aliphatic rings. The minimum atomic E-state index is -0.108. The van der Waals surface area contributed by atoms with Crippen molar-refractivity contribution in [2.75, 3.05) is 6.54 Å². The Labute approximate surface area is 122 Å². The van der Waals surface area contributed by atoms with Crippen molar-refractivity contribution < 1.29 is 4.79 Å². The predicted molar refractivity (Wildman–Crippen MR) is 81.0 cm³/mol. The van der Waals surface area contributed by atoms with Crippen LogP contribution in [0.15, 0.2) is 48.9 Å². The number of para-hydroxylation sites is 1. The van der Waals surface area contributed by atoms with E-state index in [1.165, 1.54) is 0 Å². The maximum absolute atomic E-state index is 12.3. The average Bonchev–Trinajstić information content (AvgIpc) is 2.92. The smallest absolute Gasteiger partial charge is 0.253 e. The van der Waals surface area contributed by atoms with Gasteiger partial charge in [0.05, 0.1) is 23.8 Å². The van der Waals surface area contributed by atoms with E-state index in [9.17, 15) is 4.79 Å². The van der Waals surface area contributed by atoms with Crippen LogP contribution in [0.4, 0.5) is 0 Å². The first kappa shape index (κ1) is 13.3. The van der Waals surface area contributed by atoms with Crippen LogP contribution >= 0.6 is 0 Å². The SMILES string of the molecule is Cc1cnn(CCNC(=O)c2cccc3cccnc23)c1. The molecule has 3 aromatic rings. The molecule has 21 heavy (non-hydrogen) atoms. The molecule has 0 unspecified atom stereocenters. The van der Waals surface area contributed by atoms with Gasteiger partial charge in [-0.05, 0) is 24.6 Å². The third-order valence-electron chi connectivity index (χ3n) is 3.27. The highest BCUT2D eigenvalue weighted by atomic mass is 16.1. The van der Waals surface area contributed by atoms with E-state index in [1.807, 2.05) is 42.1 Å². The Hall–Kier alpha value is -2.69. The molecule has 2 heterocycles. The molecule has 1 N–H and O–H groups in total. The van der Waals surface area contributed by atoms with Gasteiger partial charge in [-0.1, -0.05) is 18.2 Å². The van der Waals surface area contributed by atoms with Crippen molar-refractivity contribution in [1.82, 2.24) is 20.1 Å². The van der Waals surface area contributed by atoms with E-state index in [4.69, 9.17) is 0 Å². The summed E-state index contributed by atoms with van der Waals surface area (Å²) in [5.74, 6) is -0.108. The summed E-state index contributed by atoms with van der Waals surface area (Å²) in [4.78, 5) is 16.6. The second kappa shape index (κ2) is 5.75. The third-order valence-corrected chi connectivity index (χ3v) is 3.27. The number of aromatic nitrogens is 3. The number of pyridine rings is 1. The van der Waals surface area contributed by atoms with Gasteiger partial charge in [-0.15, -0.1) is 0 Å². The molecular weight excluding hydrogens is 264 g/mol. The van der Waals surface area contributed by atoms with Gasteiger partial charge in [-0.2, -0.15) is 5.10 Å². The lowest BCUT2D eigenvalue weighted by atomic mass is 10.1. The lowest BCUT2D eigenvalue weighted by molar-refractivity contribution is 0.0953. The van der Waals surface area contributed by atoms with Crippen LogP contribution in [0, 0.1) is 6.92 Å². The van der Waals surface area contributed by atoms with Gasteiger partial charge in [0.2, 0.25) is 0 Å². The highest BCUT2D eigenvalue weighted by molar-refractivity contribution is 6.05. The van der Waals surface area contributed by atoms with Gasteiger partial charge in [0, 0.05) is 24.3 Å². The minimum absolute atomic E-state index is 0.108. The fourth-order valence-corrected chi connectivity index (χ4v) is 2.26. The van der Waals surface area contributed by atoms with Crippen molar-refractivity contribution in [3.63, 3.8) is 0 Å². The number of hydrogen-bond donors (Lipinski definition) is 1. The van der Waals surface area contributed by atoms with Crippen molar-refractivity contribution in [2.45, 2.75) is 13.5 Å². The van der Waals surface area contributed by atoms with Crippen LogP contribution in [0.1, 0.15) is 15.9 Å². The predicted octanol–water partition coefficient (Wildman–Crippen LogP) is 2.17. The van der Waals surface area contributed by atoms with E-state index in [-0.39, 0.29) is 5.91 Å². The summed E-state index contributed by atoms with van der Waals surface area (Å²) in [6.45, 7) is 3.17. The Morgan fingerprint density at radius 1 is 1.29 bits per heavy atom. The van der Waals surface area contributed by atoms with E-state index >= 15 is 0 Å². The molecule has 1 aromatic carbocycles. The largest absolute Gasteiger partial charge is 0.350 e. The number of amides is 1. The summed E-state index contributed by atoms with van der Waals surface area (Å²) in [6, 6.07) is 9.43. The minimum Gasteiger partial charge on any atom is -0.350 e. The van der Waals surface area contributed by atoms with Crippen LogP contribution in [-0.2, 0) is 6.54 Å². The molecule has 106 valence electrons. The zero-order valence-electron chi connectivity index (χ0n) is 11.8. The van der Waals surface area contributed by atoms with E-state index in [0.717, 1.165) is 16.5 Å². The first-order valence-electron chi connectivity index (χ1n) is 6.85. The summed E-state index contributed by atoms with van der Waals surface area (Å²) >= 11 is 0. The number of rotatable bonds is 4. The van der Waals surface area contributed by atoms with Crippen LogP contribution in [0.3, 0.4) is 0 Å². The number of aryl methyl sites for hydroxylation is 1. The van der Waals surface area contributed by atoms with E-state index in [1.54, 1.807) is 18.5 Å². The van der Waals surface area contributed by atoms with Gasteiger partial charge >= 0.3 is 0 Å². The Bertz CT molecular complexity index is 773. The van der Waals surface area contributed by atoms with E-state index < -0.39 is 0 Å². The Kier molecular flexibility index (Phi) is 3.64. The van der Waals surface area contributed by atoms with Gasteiger partial charge in [-0.3, -0.25) is 14.5 Å². The van der Waals surface area contributed by atoms with Gasteiger partial charge < -0.3 is 5.32 Å². The molecule has 2 aromatic heterocycles. The van der Waals surface area contributed by atoms with Crippen molar-refractivity contribution in [3.05, 3.63) is 60.0 Å². The van der Waals surface area contributed by atoms with Crippen LogP contribution < -0.4 is 5.32 Å². The zero-order chi connectivity index (χ0) is 14.7. The topological polar surface area (TPSA) is 59.8 Å². The summed E-state index contributed by atoms with van der Waals surface area (Å²) < 4.78 is 1.82. The van der Waals surface area contributed by atoms with Crippen molar-refractivity contribution in [2.24, 2.45) is 0 Å². The molecule has 0 saturated carbocycles. The second-order valence-electron chi connectivity index (χ2n) is 4.92. The lowest BCUT2D eigenvalue weighted by Crippen LogP contribution is -2.27. The van der Waals surface area contributed by atoms with Crippen LogP contribution in [-0.4, -0.2) is 27.2 Å². The first-order valence-corrected chi connectivity index (χ1v) is 6.85. The van der Waals surface area contributed by atoms with Gasteiger partial charge in [0.1, 0.15) is 0 Å². The molecule has 0 bridgehead atoms. The number of carbonyl (C=O) groups excluding carboxylic acids is 1. The molecule has 0 spiro atoms. The van der Waals surface area contributed by atoms with Gasteiger partial charge in [0.15, 0.2) is 0 Å². The van der Waals surface area contributed by atoms with E-state index in [0.29, 0.717) is 18.7 Å². The molecular formula is C16H16N4O. The lowest BCUT2D eigenvalue weighted by Gasteiger charge is -2.07. The van der Waals surface area contributed by atoms with E-state index in [2.05, 4.69) is 15.4 Å². The maximum Gasteiger partial charge on any atom is 0.253 e. The summed E-state index contributed by atoms with van der Waals surface area (Å²) in [7, 11) is 0. The zero-order valence-corrected chi connectivity index (χ0v) is 11.8. The second-order valence-corrected chi connectivity index (χ2v) is 4.92. The fourth-order valence-electron chi connectivity index (χ4n) is 2.26. The van der Waals surface area contributed by atoms with Crippen molar-refractivity contribution >= 4 is 16.8 Å². The Morgan fingerprint density at radius 2 is 2.14 bits per heavy atom. The number of nitrogens with zero attached hydrogens (tertiary/aromatic N) is 3. The van der Waals surface area contributed by atoms with Crippen molar-refractivity contribution in [3.8, 4) is 0 Å². The molecule has 0 fully saturated rings. The highest BCUT2D eigenvalue weighted by Gasteiger charge is 2.10. The molecule has 0 saturated heterocycles. The summed E-state index contributed by atoms with van der Waals surface area (Å²) in [6.07, 6.45) is 5.45. The maximum atomic E-state index is 12.3. The van der Waals surface area contributed by atoms with Gasteiger partial charge in [0.25, 0.3) is 5.91 Å². The fraction of sp³-hybridized carbons (Fsp3) is 0.188. The molecule has 3 rings (SSSR count). The van der Waals surface area contributed by atoms with Crippen LogP contribution in [0.25, 0.3) is 10.9 Å². The molecule has 1 amide bonds. The third kappa shape index (κ3) is 2.91. The molecule has 0 atom stereocenters. The number of carbonyl (C=O) groups is 1. The van der Waals surface area contributed by atoms with Crippen LogP contribution in [0.5, 0.6) is 0 Å². The number of hydrogen-bond acceptors (Lipinski definition) is 3. The van der Waals surface area contributed by atoms with Crippen LogP contribution in [0.2, 0.25) is 0 Å². The summed E-state index contributed by atoms with van der Waals surface area (Å²) in [5, 5.41) is 8.06. The summed E-state index contributed by atoms with van der Waals surface area (Å²) in [5.41, 5.74) is 2.44. The number of fused-ring (bicyclic) bond motifs is 1. The Balaban J connectivity index is 1.69. The highest BCUT2D eigenvalue weighted by Crippen LogP contribution is 2.15. The molecule has 0 aliphatic heterocycles. The standard InChI is InChI=1S/C16H16N4O/c1-12-10-19-20(11-12)9-8-18-16(21)14-6-2-4-13-5-3-7-17-15(13)14/h2-7,10-11H,8-9H2,1H3,(H,18,21). The molecule has 5 nitrogen and oxygen atoms in total. The molecule has 0 radical (unpaired) electrons.